The lowest BCUT2D eigenvalue weighted by Gasteiger charge is -2.32. The lowest BCUT2D eigenvalue weighted by atomic mass is 9.97. The average Bonchev–Trinajstić information content (AvgIpc) is 2.50. The fourth-order valence-corrected chi connectivity index (χ4v) is 2.83. The molecule has 0 aromatic heterocycles. The molecule has 1 fully saturated rings. The zero-order valence-electron chi connectivity index (χ0n) is 13.5. The van der Waals surface area contributed by atoms with Gasteiger partial charge >= 0.3 is 11.9 Å². The Morgan fingerprint density at radius 3 is 1.32 bits per heavy atom. The van der Waals surface area contributed by atoms with E-state index in [0.29, 0.717) is 12.8 Å². The number of hydrogen-bond acceptors (Lipinski definition) is 4. The molecular formula is C18H28O4. The highest BCUT2D eigenvalue weighted by molar-refractivity contribution is 5.83. The molecule has 4 heteroatoms. The van der Waals surface area contributed by atoms with Crippen LogP contribution in [-0.4, -0.2) is 17.7 Å². The van der Waals surface area contributed by atoms with Crippen molar-refractivity contribution in [2.75, 3.05) is 0 Å². The molecule has 0 heterocycles. The summed E-state index contributed by atoms with van der Waals surface area (Å²) in [6.45, 7) is 6.85. The predicted octanol–water partition coefficient (Wildman–Crippen LogP) is 4.45. The Bertz CT molecular complexity index is 351. The molecule has 0 aromatic rings. The van der Waals surface area contributed by atoms with E-state index in [-0.39, 0.29) is 0 Å². The monoisotopic (exact) mass is 308 g/mol. The van der Waals surface area contributed by atoms with Gasteiger partial charge in [0.05, 0.1) is 0 Å². The maximum absolute atomic E-state index is 11.7. The van der Waals surface area contributed by atoms with E-state index in [1.165, 1.54) is 32.1 Å². The van der Waals surface area contributed by atoms with Gasteiger partial charge in [-0.05, 0) is 12.8 Å². The number of hydrogen-bond donors (Lipinski definition) is 0. The maximum atomic E-state index is 11.7. The summed E-state index contributed by atoms with van der Waals surface area (Å²) in [7, 11) is 0. The van der Waals surface area contributed by atoms with Crippen molar-refractivity contribution < 1.29 is 19.1 Å². The van der Waals surface area contributed by atoms with Crippen LogP contribution in [0.2, 0.25) is 0 Å². The van der Waals surface area contributed by atoms with E-state index in [9.17, 15) is 9.59 Å². The summed E-state index contributed by atoms with van der Waals surface area (Å²) in [4.78, 5) is 23.3. The largest absolute Gasteiger partial charge is 0.419 e. The Balaban J connectivity index is 2.82. The Kier molecular flexibility index (Phi) is 8.56. The summed E-state index contributed by atoms with van der Waals surface area (Å²) in [5.41, 5.74) is 0. The van der Waals surface area contributed by atoms with Crippen molar-refractivity contribution >= 4 is 11.9 Å². The van der Waals surface area contributed by atoms with Crippen molar-refractivity contribution in [1.29, 1.82) is 0 Å². The van der Waals surface area contributed by atoms with Crippen LogP contribution in [0, 0.1) is 0 Å². The molecule has 124 valence electrons. The fraction of sp³-hybridized carbons (Fsp3) is 0.667. The third-order valence-corrected chi connectivity index (χ3v) is 4.02. The summed E-state index contributed by atoms with van der Waals surface area (Å²) in [6, 6.07) is 0. The van der Waals surface area contributed by atoms with Crippen LogP contribution in [0.3, 0.4) is 0 Å². The van der Waals surface area contributed by atoms with E-state index in [2.05, 4.69) is 13.2 Å². The third kappa shape index (κ3) is 6.92. The molecule has 1 rings (SSSR count). The van der Waals surface area contributed by atoms with Crippen LogP contribution in [0.25, 0.3) is 0 Å². The van der Waals surface area contributed by atoms with Gasteiger partial charge in [0.2, 0.25) is 0 Å². The number of carbonyl (C=O) groups excluding carboxylic acids is 2. The molecule has 22 heavy (non-hydrogen) atoms. The zero-order chi connectivity index (χ0) is 16.3. The van der Waals surface area contributed by atoms with Crippen molar-refractivity contribution in [2.24, 2.45) is 0 Å². The Morgan fingerprint density at radius 1 is 0.682 bits per heavy atom. The highest BCUT2D eigenvalue weighted by Crippen LogP contribution is 2.30. The number of carbonyl (C=O) groups is 2. The molecule has 0 unspecified atom stereocenters. The molecule has 0 atom stereocenters. The first-order valence-electron chi connectivity index (χ1n) is 8.33. The molecule has 0 radical (unpaired) electrons. The minimum Gasteiger partial charge on any atom is -0.419 e. The maximum Gasteiger partial charge on any atom is 0.333 e. The molecule has 0 aromatic carbocycles. The third-order valence-electron chi connectivity index (χ3n) is 4.02. The second kappa shape index (κ2) is 10.2. The van der Waals surface area contributed by atoms with Crippen LogP contribution < -0.4 is 0 Å². The second-order valence-electron chi connectivity index (χ2n) is 5.84. The molecule has 0 bridgehead atoms. The SMILES string of the molecule is C=CC(=O)OC1(OC(=O)C=C)CCCCCCCCCCC1. The van der Waals surface area contributed by atoms with Gasteiger partial charge in [-0.3, -0.25) is 0 Å². The summed E-state index contributed by atoms with van der Waals surface area (Å²) in [6.07, 6.45) is 13.3. The van der Waals surface area contributed by atoms with Gasteiger partial charge in [0.15, 0.2) is 0 Å². The Hall–Kier alpha value is -1.58. The van der Waals surface area contributed by atoms with Gasteiger partial charge in [-0.25, -0.2) is 9.59 Å². The van der Waals surface area contributed by atoms with Crippen LogP contribution in [0.15, 0.2) is 25.3 Å². The summed E-state index contributed by atoms with van der Waals surface area (Å²) < 4.78 is 10.9. The smallest absolute Gasteiger partial charge is 0.333 e. The van der Waals surface area contributed by atoms with Gasteiger partial charge in [0.25, 0.3) is 5.79 Å². The Labute approximate surface area is 133 Å². The van der Waals surface area contributed by atoms with E-state index >= 15 is 0 Å². The van der Waals surface area contributed by atoms with Crippen LogP contribution in [0.1, 0.15) is 70.6 Å². The predicted molar refractivity (Wildman–Crippen MR) is 86.1 cm³/mol. The number of ether oxygens (including phenoxy) is 2. The van der Waals surface area contributed by atoms with Crippen LogP contribution in [0.5, 0.6) is 0 Å². The molecule has 4 nitrogen and oxygen atoms in total. The molecule has 0 N–H and O–H groups in total. The van der Waals surface area contributed by atoms with Gasteiger partial charge in [0, 0.05) is 25.0 Å². The Morgan fingerprint density at radius 2 is 1.00 bits per heavy atom. The highest BCUT2D eigenvalue weighted by Gasteiger charge is 2.36. The second-order valence-corrected chi connectivity index (χ2v) is 5.84. The highest BCUT2D eigenvalue weighted by atomic mass is 16.7. The van der Waals surface area contributed by atoms with Gasteiger partial charge < -0.3 is 9.47 Å². The van der Waals surface area contributed by atoms with Crippen LogP contribution in [0.4, 0.5) is 0 Å². The van der Waals surface area contributed by atoms with E-state index < -0.39 is 17.7 Å². The lowest BCUT2D eigenvalue weighted by Crippen LogP contribution is -2.39. The molecule has 0 aliphatic heterocycles. The van der Waals surface area contributed by atoms with Crippen LogP contribution in [-0.2, 0) is 19.1 Å². The first kappa shape index (κ1) is 18.5. The molecule has 1 aliphatic carbocycles. The summed E-state index contributed by atoms with van der Waals surface area (Å²) in [5.74, 6) is -2.27. The quantitative estimate of drug-likeness (QED) is 0.437. The van der Waals surface area contributed by atoms with Crippen molar-refractivity contribution in [3.63, 3.8) is 0 Å². The molecule has 0 spiro atoms. The molecule has 0 amide bonds. The first-order valence-corrected chi connectivity index (χ1v) is 8.33. The average molecular weight is 308 g/mol. The minimum atomic E-state index is -1.17. The number of esters is 2. The summed E-state index contributed by atoms with van der Waals surface area (Å²) >= 11 is 0. The molecule has 1 aliphatic rings. The van der Waals surface area contributed by atoms with E-state index in [0.717, 1.165) is 37.8 Å². The minimum absolute atomic E-state index is 0.534. The molecule has 1 saturated carbocycles. The standard InChI is InChI=1S/C18H28O4/c1-3-16(19)21-18(22-17(20)4-2)14-12-10-8-6-5-7-9-11-13-15-18/h3-4H,1-2,5-15H2. The van der Waals surface area contributed by atoms with Crippen molar-refractivity contribution in [1.82, 2.24) is 0 Å². The zero-order valence-corrected chi connectivity index (χ0v) is 13.5. The lowest BCUT2D eigenvalue weighted by molar-refractivity contribution is -0.228. The van der Waals surface area contributed by atoms with Gasteiger partial charge in [-0.15, -0.1) is 0 Å². The molecule has 0 saturated heterocycles. The fourth-order valence-electron chi connectivity index (χ4n) is 2.83. The summed E-state index contributed by atoms with van der Waals surface area (Å²) in [5, 5.41) is 0. The van der Waals surface area contributed by atoms with E-state index in [4.69, 9.17) is 9.47 Å². The van der Waals surface area contributed by atoms with Gasteiger partial charge in [-0.1, -0.05) is 58.1 Å². The first-order chi connectivity index (χ1) is 10.6. The number of rotatable bonds is 4. The molecular weight excluding hydrogens is 280 g/mol. The normalized spacial score (nSPS) is 19.8. The van der Waals surface area contributed by atoms with Crippen LogP contribution >= 0.6 is 0 Å². The van der Waals surface area contributed by atoms with E-state index in [1.54, 1.807) is 0 Å². The van der Waals surface area contributed by atoms with Crippen molar-refractivity contribution in [2.45, 2.75) is 76.4 Å². The van der Waals surface area contributed by atoms with Crippen molar-refractivity contribution in [3.05, 3.63) is 25.3 Å². The van der Waals surface area contributed by atoms with Crippen molar-refractivity contribution in [3.8, 4) is 0 Å². The van der Waals surface area contributed by atoms with Gasteiger partial charge in [0.1, 0.15) is 0 Å². The van der Waals surface area contributed by atoms with E-state index in [1.807, 2.05) is 0 Å². The topological polar surface area (TPSA) is 52.6 Å². The van der Waals surface area contributed by atoms with Gasteiger partial charge in [-0.2, -0.15) is 0 Å².